The molecule has 145 heavy (non-hydrogen) atoms. The minimum absolute atomic E-state index is 0. The highest BCUT2D eigenvalue weighted by molar-refractivity contribution is 7.25. The van der Waals surface area contributed by atoms with Gasteiger partial charge < -0.3 is 33.3 Å². The van der Waals surface area contributed by atoms with Gasteiger partial charge in [0.2, 0.25) is 0 Å². The second kappa shape index (κ2) is 112. The van der Waals surface area contributed by atoms with Gasteiger partial charge >= 0.3 is 0 Å². The lowest BCUT2D eigenvalue weighted by Crippen LogP contribution is -1.78. The van der Waals surface area contributed by atoms with Crippen LogP contribution in [-0.2, 0) is 0 Å². The Morgan fingerprint density at radius 1 is 0.241 bits per heavy atom. The van der Waals surface area contributed by atoms with E-state index in [-0.39, 0.29) is 104 Å². The second-order valence-electron chi connectivity index (χ2n) is 22.5. The van der Waals surface area contributed by atoms with Crippen molar-refractivity contribution in [2.24, 2.45) is 0 Å². The molecule has 31 nitrogen and oxygen atoms in total. The summed E-state index contributed by atoms with van der Waals surface area (Å²) in [5.41, 5.74) is 7.02. The number of imidazole rings is 2. The number of fused-ring (bicyclic) bond motifs is 5. The molecule has 0 spiro atoms. The second-order valence-corrected chi connectivity index (χ2v) is 27.6. The number of pyridine rings is 2. The van der Waals surface area contributed by atoms with Gasteiger partial charge in [-0.3, -0.25) is 40.0 Å². The molecule has 0 unspecified atom stereocenters. The maximum Gasteiger partial charge on any atom is 0.180 e. The number of nitrogens with one attached hydrogen (secondary N) is 6. The van der Waals surface area contributed by atoms with Crippen molar-refractivity contribution in [3.8, 4) is 0 Å². The molecule has 0 fully saturated rings. The Bertz CT molecular complexity index is 4970. The van der Waals surface area contributed by atoms with Crippen LogP contribution in [0.25, 0.3) is 52.5 Å². The predicted octanol–water partition coefficient (Wildman–Crippen LogP) is 31.9. The molecule has 0 aliphatic rings. The minimum atomic E-state index is 0. The Hall–Kier alpha value is -17.1. The Morgan fingerprint density at radius 3 is 1.07 bits per heavy atom. The van der Waals surface area contributed by atoms with Crippen LogP contribution in [0.4, 0.5) is 0 Å². The molecular weight excluding hydrogens is 1930 g/mol. The first-order valence-electron chi connectivity index (χ1n) is 38.6. The van der Waals surface area contributed by atoms with Gasteiger partial charge in [-0.25, -0.2) is 54.2 Å². The lowest BCUT2D eigenvalue weighted by molar-refractivity contribution is 0.420. The first-order valence-corrected chi connectivity index (χ1v) is 43.9. The van der Waals surface area contributed by atoms with Gasteiger partial charge in [-0.15, -0.1) is 45.3 Å². The molecule has 0 saturated heterocycles. The number of aromatic nitrogens is 28. The predicted molar refractivity (Wildman–Crippen MR) is 619 cm³/mol. The standard InChI is InChI=1S/C8H6N2.C8H7N.C8H6S.C7H6N2.C6H4S2.2C5H5N.3C4H4N2.C4H5N.C4H4O.C4H4S.C3H3N3.2C3H4N2.2C3H3NO.2C3H3NS.C2H3N3.14CH4/c1-2-4-8-7(3-1)9-5-6-10-8;2*1-2-4-8-7(3-1)5-6-9-8;1-2-4-7-6(3-1)8-5-9-7;1-3-7-6-2-4-8-5(1)6;2*1-2-4-6-5-3-1;1-2-6-4-3-5-1;2*1-2-5-4-6-3-1;3*1-2-4-5-3-1;1-4-2-6-3-5-1;1-2-5-3-4-1;1-2-4-5-3-1;1-2-5-3-4-1;1-2-4-5-3-1;1-2-5-3-4-1;2*1-2-4-5-3-1;;;;;;;;;;;;;;/h1-6H;1-6,9H;1-6H;1-5H,(H,8,9);1-4H;2*1-5H;3*1-4H;1-5H;2*1-4H;1-3H;2*1-3H,(H,4,5);4*1-3H;1-2H,(H,3,4,5);14*1H4. The molecule has 0 bridgehead atoms. The van der Waals surface area contributed by atoms with E-state index in [1.807, 2.05) is 186 Å². The summed E-state index contributed by atoms with van der Waals surface area (Å²) in [6.07, 6.45) is 64.5. The lowest BCUT2D eigenvalue weighted by Gasteiger charge is -1.90. The van der Waals surface area contributed by atoms with Crippen molar-refractivity contribution in [2.75, 3.05) is 0 Å². The van der Waals surface area contributed by atoms with Crippen LogP contribution >= 0.6 is 68.2 Å². The zero-order valence-electron chi connectivity index (χ0n) is 70.0. The highest BCUT2D eigenvalue weighted by atomic mass is 32.1. The van der Waals surface area contributed by atoms with Gasteiger partial charge in [0.05, 0.1) is 77.5 Å². The summed E-state index contributed by atoms with van der Waals surface area (Å²) >= 11 is 10.2. The van der Waals surface area contributed by atoms with Crippen molar-refractivity contribution >= 4 is 121 Å². The smallest absolute Gasteiger partial charge is 0.180 e. The minimum Gasteiger partial charge on any atom is -0.473 e. The molecule has 22 aromatic heterocycles. The summed E-state index contributed by atoms with van der Waals surface area (Å²) < 4.78 is 21.3. The number of nitrogens with zero attached hydrogens (tertiary/aromatic N) is 22. The molecule has 26 aromatic rings. The topological polar surface area (TPSA) is 418 Å². The number of benzene rings is 4. The van der Waals surface area contributed by atoms with Crippen LogP contribution in [0.5, 0.6) is 0 Å². The number of rotatable bonds is 0. The number of oxazole rings is 1. The maximum absolute atomic E-state index is 4.58. The molecule has 0 aliphatic carbocycles. The van der Waals surface area contributed by atoms with E-state index in [1.165, 1.54) is 92.5 Å². The SMILES string of the molecule is C.C.C.C.C.C.C.C.C.C.C.C.C.C.c1c[nH]cn1.c1cc2sccc2s1.c1cc[nH]c1.c1ccc2[nH]ccc2c1.c1ccc2[nH]cnc2c1.c1ccc2nccnc2c1.c1ccc2sccc2c1.c1ccncc1.c1ccncc1.c1ccoc1.c1ccsc1.c1cn[nH]c1.c1cn[nH]n1.c1cnccn1.c1cncnc1.c1cncnc1.c1cnoc1.c1cnsc1.c1cocn1.c1cscn1.c1ncncn1. The van der Waals surface area contributed by atoms with Crippen LogP contribution in [0, 0.1) is 0 Å². The first kappa shape index (κ1) is 146. The van der Waals surface area contributed by atoms with Gasteiger partial charge in [0.1, 0.15) is 44.2 Å². The van der Waals surface area contributed by atoms with Gasteiger partial charge in [-0.05, 0) is 189 Å². The Labute approximate surface area is 882 Å². The van der Waals surface area contributed by atoms with Gasteiger partial charge in [0.25, 0.3) is 0 Å². The van der Waals surface area contributed by atoms with E-state index in [9.17, 15) is 0 Å². The normalized spacial score (nSPS) is 7.92. The average Bonchev–Trinajstić information content (AvgIpc) is 1.71. The van der Waals surface area contributed by atoms with Crippen LogP contribution in [0.15, 0.2) is 524 Å². The van der Waals surface area contributed by atoms with Crippen LogP contribution in [0.3, 0.4) is 0 Å². The third-order valence-corrected chi connectivity index (χ3v) is 17.9. The number of hydrogen-bond acceptors (Lipinski definition) is 31. The Morgan fingerprint density at radius 2 is 0.766 bits per heavy atom. The van der Waals surface area contributed by atoms with Crippen LogP contribution in [-0.4, -0.2) is 140 Å². The molecule has 4 aromatic carbocycles. The molecule has 22 heterocycles. The number of furan rings is 1. The number of hydrogen-bond donors (Lipinski definition) is 6. The molecular formula is C108H146N28O3S6. The van der Waals surface area contributed by atoms with Crippen LogP contribution in [0.1, 0.15) is 104 Å². The largest absolute Gasteiger partial charge is 0.473 e. The third-order valence-electron chi connectivity index (χ3n) is 13.4. The molecule has 6 N–H and O–H groups in total. The van der Waals surface area contributed by atoms with Crippen LogP contribution < -0.4 is 0 Å². The lowest BCUT2D eigenvalue weighted by atomic mass is 10.3. The number of thiophene rings is 4. The summed E-state index contributed by atoms with van der Waals surface area (Å²) in [5.74, 6) is 0. The van der Waals surface area contributed by atoms with E-state index in [4.69, 9.17) is 0 Å². The molecule has 0 saturated carbocycles. The van der Waals surface area contributed by atoms with E-state index in [1.54, 1.807) is 254 Å². The van der Waals surface area contributed by atoms with Crippen LogP contribution in [0.2, 0.25) is 0 Å². The van der Waals surface area contributed by atoms with E-state index in [0.29, 0.717) is 0 Å². The van der Waals surface area contributed by atoms with E-state index >= 15 is 0 Å². The molecule has 26 rings (SSSR count). The van der Waals surface area contributed by atoms with Gasteiger partial charge in [-0.1, -0.05) is 194 Å². The molecule has 0 amide bonds. The molecule has 772 valence electrons. The fourth-order valence-electron chi connectivity index (χ4n) is 8.01. The number of para-hydroxylation sites is 5. The zero-order chi connectivity index (χ0) is 91.3. The van der Waals surface area contributed by atoms with Crippen molar-refractivity contribution in [1.29, 1.82) is 0 Å². The van der Waals surface area contributed by atoms with E-state index < -0.39 is 0 Å². The fraction of sp³-hybridized carbons (Fsp3) is 0.130. The molecule has 37 heteroatoms. The summed E-state index contributed by atoms with van der Waals surface area (Å²) in [6.45, 7) is 0. The molecule has 0 radical (unpaired) electrons. The third kappa shape index (κ3) is 83.6. The average molecular weight is 2080 g/mol. The summed E-state index contributed by atoms with van der Waals surface area (Å²) in [7, 11) is 0. The van der Waals surface area contributed by atoms with Gasteiger partial charge in [-0.2, -0.15) is 31.8 Å². The monoisotopic (exact) mass is 2080 g/mol. The number of aromatic amines is 6. The Balaban J connectivity index is -0.000000191. The highest BCUT2D eigenvalue weighted by Gasteiger charge is 1.93. The summed E-state index contributed by atoms with van der Waals surface area (Å²) in [6, 6.07) is 72.9. The van der Waals surface area contributed by atoms with Crippen molar-refractivity contribution in [2.45, 2.75) is 104 Å². The van der Waals surface area contributed by atoms with E-state index in [0.717, 1.165) is 22.1 Å². The maximum atomic E-state index is 4.58. The fourth-order valence-corrected chi connectivity index (χ4v) is 11.8. The van der Waals surface area contributed by atoms with E-state index in [2.05, 4.69) is 230 Å². The van der Waals surface area contributed by atoms with Crippen molar-refractivity contribution in [3.05, 3.63) is 511 Å². The van der Waals surface area contributed by atoms with Crippen molar-refractivity contribution < 1.29 is 13.4 Å². The first-order chi connectivity index (χ1) is 65.3. The quantitative estimate of drug-likeness (QED) is 0.0821. The zero-order valence-corrected chi connectivity index (χ0v) is 74.9. The number of thiazole rings is 1. The Kier molecular flexibility index (Phi) is 113. The van der Waals surface area contributed by atoms with Gasteiger partial charge in [0.15, 0.2) is 6.39 Å². The summed E-state index contributed by atoms with van der Waals surface area (Å²) in [5, 5.41) is 35.8. The molecule has 0 aliphatic heterocycles. The van der Waals surface area contributed by atoms with Gasteiger partial charge in [0, 0.05) is 173 Å². The summed E-state index contributed by atoms with van der Waals surface area (Å²) in [4.78, 5) is 75.4. The highest BCUT2D eigenvalue weighted by Crippen LogP contribution is 2.25. The van der Waals surface area contributed by atoms with Crippen molar-refractivity contribution in [1.82, 2.24) is 140 Å². The van der Waals surface area contributed by atoms with Crippen molar-refractivity contribution in [3.63, 3.8) is 0 Å². The molecule has 0 atom stereocenters. The number of H-pyrrole nitrogens is 6.